The van der Waals surface area contributed by atoms with Gasteiger partial charge in [0.15, 0.2) is 5.11 Å². The first-order valence-corrected chi connectivity index (χ1v) is 9.12. The van der Waals surface area contributed by atoms with Crippen LogP contribution in [0.4, 0.5) is 5.69 Å². The van der Waals surface area contributed by atoms with Crippen molar-refractivity contribution >= 4 is 34.6 Å². The van der Waals surface area contributed by atoms with Gasteiger partial charge in [-0.15, -0.1) is 0 Å². The molecule has 0 saturated carbocycles. The van der Waals surface area contributed by atoms with E-state index in [1.165, 1.54) is 10.5 Å². The van der Waals surface area contributed by atoms with Crippen LogP contribution in [0.1, 0.15) is 25.5 Å². The second-order valence-corrected chi connectivity index (χ2v) is 6.52. The first-order chi connectivity index (χ1) is 11.6. The van der Waals surface area contributed by atoms with Crippen LogP contribution in [0, 0.1) is 0 Å². The fraction of sp³-hybridized carbons (Fsp3) is 0.316. The topological polar surface area (TPSA) is 28.5 Å². The van der Waals surface area contributed by atoms with Crippen LogP contribution in [0.2, 0.25) is 5.02 Å². The van der Waals surface area contributed by atoms with E-state index < -0.39 is 0 Å². The maximum atomic E-state index is 5.91. The minimum atomic E-state index is 0.367. The van der Waals surface area contributed by atoms with E-state index in [4.69, 9.17) is 23.8 Å². The highest BCUT2D eigenvalue weighted by molar-refractivity contribution is 7.80. The number of hydrogen-bond donors (Lipinski definition) is 3. The maximum absolute atomic E-state index is 5.91. The Balaban J connectivity index is 1.99. The summed E-state index contributed by atoms with van der Waals surface area (Å²) in [4.78, 5) is 1.53. The molecule has 0 radical (unpaired) electrons. The van der Waals surface area contributed by atoms with Gasteiger partial charge in [-0.1, -0.05) is 41.9 Å². The van der Waals surface area contributed by atoms with Crippen molar-refractivity contribution in [2.24, 2.45) is 0 Å². The van der Waals surface area contributed by atoms with Crippen molar-refractivity contribution < 1.29 is 4.90 Å². The van der Waals surface area contributed by atoms with Crippen LogP contribution in [-0.2, 0) is 0 Å². The highest BCUT2D eigenvalue weighted by Gasteiger charge is 2.21. The monoisotopic (exact) mass is 362 g/mol. The van der Waals surface area contributed by atoms with Gasteiger partial charge in [0.05, 0.1) is 19.6 Å². The minimum Gasteiger partial charge on any atom is -0.356 e. The molecule has 0 amide bonds. The molecule has 2 rings (SSSR count). The Morgan fingerprint density at radius 3 is 2.25 bits per heavy atom. The molecular weight excluding hydrogens is 338 g/mol. The number of halogens is 1. The summed E-state index contributed by atoms with van der Waals surface area (Å²) in [5.41, 5.74) is 2.27. The highest BCUT2D eigenvalue weighted by Crippen LogP contribution is 2.13. The lowest BCUT2D eigenvalue weighted by Gasteiger charge is -2.27. The Bertz CT molecular complexity index is 627. The van der Waals surface area contributed by atoms with Crippen molar-refractivity contribution in [1.82, 2.24) is 5.32 Å². The van der Waals surface area contributed by atoms with Gasteiger partial charge in [-0.3, -0.25) is 0 Å². The molecule has 0 spiro atoms. The number of quaternary nitrogens is 1. The molecular formula is C19H25ClN3S+. The zero-order valence-electron chi connectivity index (χ0n) is 14.2. The Morgan fingerprint density at radius 1 is 1.04 bits per heavy atom. The zero-order chi connectivity index (χ0) is 17.4. The lowest BCUT2D eigenvalue weighted by atomic mass is 10.1. The number of anilines is 1. The molecule has 0 aromatic heterocycles. The SMILES string of the molecule is CC[NH+](CC)[C@@H](CNC(=S)Nc1ccc(Cl)cc1)c1ccccc1. The first-order valence-electron chi connectivity index (χ1n) is 8.34. The van der Waals surface area contributed by atoms with Crippen LogP contribution in [0.25, 0.3) is 0 Å². The number of rotatable bonds is 7. The first kappa shape index (κ1) is 18.7. The molecule has 0 aliphatic carbocycles. The van der Waals surface area contributed by atoms with Gasteiger partial charge in [-0.25, -0.2) is 0 Å². The molecule has 0 aliphatic rings. The number of nitrogens with one attached hydrogen (secondary N) is 3. The van der Waals surface area contributed by atoms with Gasteiger partial charge in [0.25, 0.3) is 0 Å². The van der Waals surface area contributed by atoms with E-state index in [2.05, 4.69) is 54.8 Å². The van der Waals surface area contributed by atoms with Crippen molar-refractivity contribution in [3.8, 4) is 0 Å². The second-order valence-electron chi connectivity index (χ2n) is 5.67. The van der Waals surface area contributed by atoms with E-state index in [1.54, 1.807) is 0 Å². The lowest BCUT2D eigenvalue weighted by molar-refractivity contribution is -0.927. The van der Waals surface area contributed by atoms with Crippen LogP contribution in [-0.4, -0.2) is 24.7 Å². The largest absolute Gasteiger partial charge is 0.356 e. The summed E-state index contributed by atoms with van der Waals surface area (Å²) in [6, 6.07) is 18.5. The van der Waals surface area contributed by atoms with Crippen molar-refractivity contribution in [3.05, 3.63) is 65.2 Å². The summed E-state index contributed by atoms with van der Waals surface area (Å²) in [5, 5.41) is 7.91. The van der Waals surface area contributed by atoms with E-state index >= 15 is 0 Å². The van der Waals surface area contributed by atoms with Gasteiger partial charge in [-0.05, 0) is 50.3 Å². The summed E-state index contributed by atoms with van der Waals surface area (Å²) in [5.74, 6) is 0. The molecule has 3 N–H and O–H groups in total. The van der Waals surface area contributed by atoms with Crippen LogP contribution < -0.4 is 15.5 Å². The van der Waals surface area contributed by atoms with Gasteiger partial charge < -0.3 is 15.5 Å². The summed E-state index contributed by atoms with van der Waals surface area (Å²) < 4.78 is 0. The summed E-state index contributed by atoms with van der Waals surface area (Å²) in [6.07, 6.45) is 0. The van der Waals surface area contributed by atoms with Gasteiger partial charge in [-0.2, -0.15) is 0 Å². The van der Waals surface area contributed by atoms with Gasteiger partial charge in [0.1, 0.15) is 6.04 Å². The fourth-order valence-corrected chi connectivity index (χ4v) is 3.16. The number of benzene rings is 2. The third kappa shape index (κ3) is 5.48. The van der Waals surface area contributed by atoms with Gasteiger partial charge >= 0.3 is 0 Å². The van der Waals surface area contributed by atoms with E-state index in [0.29, 0.717) is 16.2 Å². The van der Waals surface area contributed by atoms with E-state index in [1.807, 2.05) is 24.3 Å². The fourth-order valence-electron chi connectivity index (χ4n) is 2.83. The zero-order valence-corrected chi connectivity index (χ0v) is 15.8. The molecule has 0 unspecified atom stereocenters. The average Bonchev–Trinajstić information content (AvgIpc) is 2.61. The van der Waals surface area contributed by atoms with Crippen molar-refractivity contribution in [2.75, 3.05) is 25.0 Å². The standard InChI is InChI=1S/C19H24ClN3S/c1-3-23(4-2)18(15-8-6-5-7-9-15)14-21-19(24)22-17-12-10-16(20)11-13-17/h5-13,18H,3-4,14H2,1-2H3,(H2,21,22,24)/p+1/t18-/m0/s1. The third-order valence-corrected chi connectivity index (χ3v) is 4.67. The molecule has 0 heterocycles. The molecule has 0 aliphatic heterocycles. The predicted octanol–water partition coefficient (Wildman–Crippen LogP) is 3.29. The lowest BCUT2D eigenvalue weighted by Crippen LogP contribution is -3.12. The minimum absolute atomic E-state index is 0.367. The average molecular weight is 363 g/mol. The summed E-state index contributed by atoms with van der Waals surface area (Å²) >= 11 is 11.3. The molecule has 3 nitrogen and oxygen atoms in total. The quantitative estimate of drug-likeness (QED) is 0.660. The molecule has 2 aromatic rings. The van der Waals surface area contributed by atoms with E-state index in [-0.39, 0.29) is 0 Å². The Hall–Kier alpha value is -1.62. The molecule has 1 atom stereocenters. The predicted molar refractivity (Wildman–Crippen MR) is 107 cm³/mol. The Labute approximate surface area is 155 Å². The molecule has 0 bridgehead atoms. The number of hydrogen-bond acceptors (Lipinski definition) is 1. The summed E-state index contributed by atoms with van der Waals surface area (Å²) in [7, 11) is 0. The van der Waals surface area contributed by atoms with Crippen molar-refractivity contribution in [2.45, 2.75) is 19.9 Å². The summed E-state index contributed by atoms with van der Waals surface area (Å²) in [6.45, 7) is 7.39. The Morgan fingerprint density at radius 2 is 1.67 bits per heavy atom. The molecule has 0 saturated heterocycles. The molecule has 128 valence electrons. The Kier molecular flexibility index (Phi) is 7.50. The van der Waals surface area contributed by atoms with Crippen molar-refractivity contribution in [1.29, 1.82) is 0 Å². The third-order valence-electron chi connectivity index (χ3n) is 4.17. The molecule has 2 aromatic carbocycles. The van der Waals surface area contributed by atoms with E-state index in [0.717, 1.165) is 25.3 Å². The van der Waals surface area contributed by atoms with Crippen LogP contribution >= 0.6 is 23.8 Å². The smallest absolute Gasteiger partial charge is 0.171 e. The molecule has 0 fully saturated rings. The number of thiocarbonyl (C=S) groups is 1. The maximum Gasteiger partial charge on any atom is 0.171 e. The van der Waals surface area contributed by atoms with Gasteiger partial charge in [0.2, 0.25) is 0 Å². The number of likely N-dealkylation sites (N-methyl/N-ethyl adjacent to an activating group) is 1. The van der Waals surface area contributed by atoms with Gasteiger partial charge in [0, 0.05) is 16.3 Å². The highest BCUT2D eigenvalue weighted by atomic mass is 35.5. The van der Waals surface area contributed by atoms with Crippen LogP contribution in [0.15, 0.2) is 54.6 Å². The molecule has 5 heteroatoms. The van der Waals surface area contributed by atoms with Crippen LogP contribution in [0.5, 0.6) is 0 Å². The second kappa shape index (κ2) is 9.62. The van der Waals surface area contributed by atoms with E-state index in [9.17, 15) is 0 Å². The van der Waals surface area contributed by atoms with Crippen molar-refractivity contribution in [3.63, 3.8) is 0 Å². The normalized spacial score (nSPS) is 12.0. The van der Waals surface area contributed by atoms with Crippen LogP contribution in [0.3, 0.4) is 0 Å². The molecule has 24 heavy (non-hydrogen) atoms.